The normalized spacial score (nSPS) is 11.1. The first-order chi connectivity index (χ1) is 15.0. The molecule has 3 aromatic carbocycles. The van der Waals surface area contributed by atoms with Crippen molar-refractivity contribution in [3.63, 3.8) is 0 Å². The van der Waals surface area contributed by atoms with E-state index in [1.165, 1.54) is 42.5 Å². The summed E-state index contributed by atoms with van der Waals surface area (Å²) in [4.78, 5) is 23.0. The van der Waals surface area contributed by atoms with Crippen LogP contribution in [0.4, 0.5) is 17.1 Å². The van der Waals surface area contributed by atoms with E-state index in [-0.39, 0.29) is 16.1 Å². The van der Waals surface area contributed by atoms with E-state index in [0.717, 1.165) is 16.7 Å². The molecule has 8 nitrogen and oxygen atoms in total. The van der Waals surface area contributed by atoms with Gasteiger partial charge >= 0.3 is 0 Å². The molecule has 0 aromatic heterocycles. The maximum atomic E-state index is 12.8. The number of aryl methyl sites for hydroxylation is 4. The fraction of sp³-hybridized carbons (Fsp3) is 0.174. The maximum absolute atomic E-state index is 12.8. The molecule has 0 atom stereocenters. The van der Waals surface area contributed by atoms with Crippen LogP contribution in [0, 0.1) is 37.8 Å². The summed E-state index contributed by atoms with van der Waals surface area (Å²) >= 11 is 0. The standard InChI is InChI=1S/C23H23N3O5S/c1-14-11-16(3)22(17(4)12-14)25-32(30,31)20-9-7-19(8-10-20)24-23(27)18-6-5-15(2)21(13-18)26(28)29/h5-13,25H,1-4H3,(H,24,27). The van der Waals surface area contributed by atoms with Gasteiger partial charge in [-0.3, -0.25) is 19.6 Å². The molecule has 0 saturated heterocycles. The maximum Gasteiger partial charge on any atom is 0.273 e. The highest BCUT2D eigenvalue weighted by molar-refractivity contribution is 7.92. The lowest BCUT2D eigenvalue weighted by Gasteiger charge is -2.14. The molecule has 9 heteroatoms. The van der Waals surface area contributed by atoms with E-state index < -0.39 is 20.9 Å². The molecule has 0 aliphatic heterocycles. The largest absolute Gasteiger partial charge is 0.322 e. The monoisotopic (exact) mass is 453 g/mol. The first-order valence-corrected chi connectivity index (χ1v) is 11.2. The minimum absolute atomic E-state index is 0.0425. The Morgan fingerprint density at radius 3 is 2.03 bits per heavy atom. The van der Waals surface area contributed by atoms with Crippen LogP contribution in [0.25, 0.3) is 0 Å². The average molecular weight is 454 g/mol. The zero-order chi connectivity index (χ0) is 23.6. The lowest BCUT2D eigenvalue weighted by atomic mass is 10.1. The van der Waals surface area contributed by atoms with Crippen molar-refractivity contribution >= 4 is 33.0 Å². The van der Waals surface area contributed by atoms with Gasteiger partial charge in [-0.15, -0.1) is 0 Å². The Bertz CT molecular complexity index is 1290. The molecule has 0 aliphatic carbocycles. The van der Waals surface area contributed by atoms with Crippen LogP contribution >= 0.6 is 0 Å². The Labute approximate surface area is 186 Å². The predicted octanol–water partition coefficient (Wildman–Crippen LogP) is 4.88. The van der Waals surface area contributed by atoms with E-state index in [1.54, 1.807) is 6.92 Å². The van der Waals surface area contributed by atoms with E-state index >= 15 is 0 Å². The predicted molar refractivity (Wildman–Crippen MR) is 124 cm³/mol. The van der Waals surface area contributed by atoms with Crippen LogP contribution in [0.1, 0.15) is 32.6 Å². The van der Waals surface area contributed by atoms with E-state index in [0.29, 0.717) is 16.9 Å². The minimum atomic E-state index is -3.83. The molecule has 0 spiro atoms. The number of nitro groups is 1. The second-order valence-electron chi connectivity index (χ2n) is 7.62. The fourth-order valence-corrected chi connectivity index (χ4v) is 4.61. The molecule has 1 amide bonds. The van der Waals surface area contributed by atoms with Gasteiger partial charge in [0, 0.05) is 22.9 Å². The third-order valence-electron chi connectivity index (χ3n) is 5.00. The van der Waals surface area contributed by atoms with Crippen LogP contribution in [-0.2, 0) is 10.0 Å². The lowest BCUT2D eigenvalue weighted by molar-refractivity contribution is -0.385. The van der Waals surface area contributed by atoms with Gasteiger partial charge in [0.25, 0.3) is 21.6 Å². The Morgan fingerprint density at radius 2 is 1.47 bits per heavy atom. The number of benzene rings is 3. The van der Waals surface area contributed by atoms with Crippen molar-refractivity contribution < 1.29 is 18.1 Å². The quantitative estimate of drug-likeness (QED) is 0.407. The average Bonchev–Trinajstić information content (AvgIpc) is 2.71. The topological polar surface area (TPSA) is 118 Å². The van der Waals surface area contributed by atoms with Crippen molar-refractivity contribution in [1.82, 2.24) is 0 Å². The number of nitro benzene ring substituents is 1. The number of hydrogen-bond donors (Lipinski definition) is 2. The molecule has 32 heavy (non-hydrogen) atoms. The zero-order valence-corrected chi connectivity index (χ0v) is 18.9. The van der Waals surface area contributed by atoms with E-state index in [9.17, 15) is 23.3 Å². The Balaban J connectivity index is 1.78. The summed E-state index contributed by atoms with van der Waals surface area (Å²) in [5.74, 6) is -0.535. The van der Waals surface area contributed by atoms with Crippen molar-refractivity contribution in [3.05, 3.63) is 92.5 Å². The zero-order valence-electron chi connectivity index (χ0n) is 18.1. The van der Waals surface area contributed by atoms with Crippen molar-refractivity contribution in [1.29, 1.82) is 0 Å². The van der Waals surface area contributed by atoms with Gasteiger partial charge in [-0.2, -0.15) is 0 Å². The van der Waals surface area contributed by atoms with E-state index in [4.69, 9.17) is 0 Å². The van der Waals surface area contributed by atoms with Crippen LogP contribution in [0.5, 0.6) is 0 Å². The van der Waals surface area contributed by atoms with Crippen molar-refractivity contribution in [2.75, 3.05) is 10.0 Å². The molecule has 0 radical (unpaired) electrons. The molecule has 0 fully saturated rings. The first-order valence-electron chi connectivity index (χ1n) is 9.75. The van der Waals surface area contributed by atoms with Crippen LogP contribution < -0.4 is 10.0 Å². The summed E-state index contributed by atoms with van der Waals surface area (Å²) in [6, 6.07) is 13.7. The third kappa shape index (κ3) is 4.94. The molecular formula is C23H23N3O5S. The first kappa shape index (κ1) is 23.0. The number of carbonyl (C=O) groups is 1. The van der Waals surface area contributed by atoms with Crippen LogP contribution in [0.2, 0.25) is 0 Å². The van der Waals surface area contributed by atoms with Crippen molar-refractivity contribution in [3.8, 4) is 0 Å². The summed E-state index contributed by atoms with van der Waals surface area (Å²) in [7, 11) is -3.83. The van der Waals surface area contributed by atoms with E-state index in [2.05, 4.69) is 10.0 Å². The molecule has 0 aliphatic rings. The van der Waals surface area contributed by atoms with Gasteiger partial charge in [-0.25, -0.2) is 8.42 Å². The van der Waals surface area contributed by atoms with Crippen LogP contribution in [0.15, 0.2) is 59.5 Å². The van der Waals surface area contributed by atoms with Gasteiger partial charge in [0.15, 0.2) is 0 Å². The number of rotatable bonds is 6. The van der Waals surface area contributed by atoms with E-state index in [1.807, 2.05) is 32.9 Å². The minimum Gasteiger partial charge on any atom is -0.322 e. The number of nitrogens with zero attached hydrogens (tertiary/aromatic N) is 1. The Hall–Kier alpha value is -3.72. The van der Waals surface area contributed by atoms with Crippen LogP contribution in [0.3, 0.4) is 0 Å². The molecule has 0 heterocycles. The Kier molecular flexibility index (Phi) is 6.31. The summed E-state index contributed by atoms with van der Waals surface area (Å²) in [5, 5.41) is 13.7. The molecular weight excluding hydrogens is 430 g/mol. The van der Waals surface area contributed by atoms with Gasteiger partial charge in [0.1, 0.15) is 0 Å². The Morgan fingerprint density at radius 1 is 0.875 bits per heavy atom. The summed E-state index contributed by atoms with van der Waals surface area (Å²) in [6.07, 6.45) is 0. The van der Waals surface area contributed by atoms with Gasteiger partial charge in [0.2, 0.25) is 0 Å². The van der Waals surface area contributed by atoms with Crippen LogP contribution in [-0.4, -0.2) is 19.2 Å². The van der Waals surface area contributed by atoms with Gasteiger partial charge < -0.3 is 5.32 Å². The second-order valence-corrected chi connectivity index (χ2v) is 9.30. The third-order valence-corrected chi connectivity index (χ3v) is 6.37. The second kappa shape index (κ2) is 8.80. The molecule has 0 unspecified atom stereocenters. The highest BCUT2D eigenvalue weighted by Crippen LogP contribution is 2.26. The van der Waals surface area contributed by atoms with Crippen molar-refractivity contribution in [2.45, 2.75) is 32.6 Å². The smallest absolute Gasteiger partial charge is 0.273 e. The number of hydrogen-bond acceptors (Lipinski definition) is 5. The SMILES string of the molecule is Cc1cc(C)c(NS(=O)(=O)c2ccc(NC(=O)c3ccc(C)c([N+](=O)[O-])c3)cc2)c(C)c1. The van der Waals surface area contributed by atoms with Gasteiger partial charge in [-0.1, -0.05) is 23.8 Å². The molecule has 3 aromatic rings. The highest BCUT2D eigenvalue weighted by atomic mass is 32.2. The number of anilines is 2. The number of carbonyl (C=O) groups excluding carboxylic acids is 1. The molecule has 166 valence electrons. The number of nitrogens with one attached hydrogen (secondary N) is 2. The molecule has 2 N–H and O–H groups in total. The number of sulfonamides is 1. The summed E-state index contributed by atoms with van der Waals surface area (Å²) in [6.45, 7) is 7.21. The van der Waals surface area contributed by atoms with Gasteiger partial charge in [-0.05, 0) is 69.2 Å². The highest BCUT2D eigenvalue weighted by Gasteiger charge is 2.18. The fourth-order valence-electron chi connectivity index (χ4n) is 3.40. The molecule has 0 bridgehead atoms. The van der Waals surface area contributed by atoms with Crippen molar-refractivity contribution in [2.24, 2.45) is 0 Å². The van der Waals surface area contributed by atoms with Gasteiger partial charge in [0.05, 0.1) is 15.5 Å². The summed E-state index contributed by atoms with van der Waals surface area (Å²) in [5.41, 5.74) is 4.02. The molecule has 0 saturated carbocycles. The summed E-state index contributed by atoms with van der Waals surface area (Å²) < 4.78 is 28.3. The number of amides is 1. The molecule has 3 rings (SSSR count). The lowest BCUT2D eigenvalue weighted by Crippen LogP contribution is -2.15.